The third-order valence-electron chi connectivity index (χ3n) is 3.96. The number of fused-ring (bicyclic) bond motifs is 1. The number of benzene rings is 1. The number of hydrogen-bond acceptors (Lipinski definition) is 6. The van der Waals surface area contributed by atoms with E-state index in [1.165, 1.54) is 34.8 Å². The lowest BCUT2D eigenvalue weighted by molar-refractivity contribution is -0.198. The predicted octanol–water partition coefficient (Wildman–Crippen LogP) is 3.94. The lowest BCUT2D eigenvalue weighted by Gasteiger charge is -2.21. The second-order valence-corrected chi connectivity index (χ2v) is 5.84. The van der Waals surface area contributed by atoms with E-state index >= 15 is 0 Å². The minimum Gasteiger partial charge on any atom is -0.460 e. The number of nitrogen functional groups attached to an aromatic ring is 1. The van der Waals surface area contributed by atoms with Crippen LogP contribution in [0.3, 0.4) is 0 Å². The average Bonchev–Trinajstić information content (AvgIpc) is 3.02. The summed E-state index contributed by atoms with van der Waals surface area (Å²) in [6, 6.07) is 10.3. The van der Waals surface area contributed by atoms with Crippen molar-refractivity contribution in [2.75, 3.05) is 5.73 Å². The summed E-state index contributed by atoms with van der Waals surface area (Å²) in [4.78, 5) is 12.1. The van der Waals surface area contributed by atoms with Crippen LogP contribution in [0.15, 0.2) is 61.2 Å². The van der Waals surface area contributed by atoms with Crippen molar-refractivity contribution in [3.63, 3.8) is 0 Å². The van der Waals surface area contributed by atoms with Crippen molar-refractivity contribution in [2.24, 2.45) is 0 Å². The highest BCUT2D eigenvalue weighted by molar-refractivity contribution is 5.84. The molecule has 7 nitrogen and oxygen atoms in total. The van der Waals surface area contributed by atoms with Crippen molar-refractivity contribution >= 4 is 11.5 Å². The van der Waals surface area contributed by atoms with Gasteiger partial charge in [0.1, 0.15) is 6.33 Å². The Hall–Kier alpha value is -3.69. The van der Waals surface area contributed by atoms with Gasteiger partial charge in [0.2, 0.25) is 12.0 Å². The zero-order chi connectivity index (χ0) is 19.7. The second kappa shape index (κ2) is 6.80. The SMILES string of the molecule is Nc1nn2cccnc2c1-c1cc(O[C@H](c2ccccc2)C(F)(F)F)ncn1.[HH].[HH]. The first kappa shape index (κ1) is 17.7. The highest BCUT2D eigenvalue weighted by Gasteiger charge is 2.43. The average molecular weight is 390 g/mol. The molecular weight excluding hydrogens is 373 g/mol. The Kier molecular flexibility index (Phi) is 4.30. The summed E-state index contributed by atoms with van der Waals surface area (Å²) in [5.41, 5.74) is 6.97. The third kappa shape index (κ3) is 3.31. The lowest BCUT2D eigenvalue weighted by Crippen LogP contribution is -2.26. The molecule has 0 fully saturated rings. The van der Waals surface area contributed by atoms with E-state index in [0.29, 0.717) is 11.2 Å². The van der Waals surface area contributed by atoms with E-state index in [1.54, 1.807) is 24.5 Å². The maximum atomic E-state index is 13.5. The van der Waals surface area contributed by atoms with Crippen molar-refractivity contribution in [3.05, 3.63) is 66.7 Å². The van der Waals surface area contributed by atoms with Crippen LogP contribution in [0.25, 0.3) is 16.9 Å². The zero-order valence-corrected chi connectivity index (χ0v) is 14.2. The molecule has 0 aliphatic heterocycles. The van der Waals surface area contributed by atoms with Gasteiger partial charge in [-0.05, 0) is 6.07 Å². The summed E-state index contributed by atoms with van der Waals surface area (Å²) in [7, 11) is 0. The molecule has 0 radical (unpaired) electrons. The van der Waals surface area contributed by atoms with E-state index in [4.69, 9.17) is 10.5 Å². The number of alkyl halides is 3. The van der Waals surface area contributed by atoms with Crippen LogP contribution in [0.5, 0.6) is 5.88 Å². The van der Waals surface area contributed by atoms with Gasteiger partial charge in [0.15, 0.2) is 11.5 Å². The monoisotopic (exact) mass is 390 g/mol. The molecule has 1 atom stereocenters. The highest BCUT2D eigenvalue weighted by atomic mass is 19.4. The molecule has 3 heterocycles. The number of ether oxygens (including phenoxy) is 1. The van der Waals surface area contributed by atoms with Crippen LogP contribution >= 0.6 is 0 Å². The van der Waals surface area contributed by atoms with E-state index in [1.807, 2.05) is 0 Å². The molecule has 146 valence electrons. The van der Waals surface area contributed by atoms with Gasteiger partial charge in [-0.3, -0.25) is 0 Å². The maximum Gasteiger partial charge on any atom is 0.429 e. The molecule has 28 heavy (non-hydrogen) atoms. The van der Waals surface area contributed by atoms with E-state index in [-0.39, 0.29) is 25.8 Å². The summed E-state index contributed by atoms with van der Waals surface area (Å²) in [6.45, 7) is 0. The van der Waals surface area contributed by atoms with Crippen molar-refractivity contribution in [3.8, 4) is 17.1 Å². The standard InChI is InChI=1S/C18H13F3N6O.2H2/c19-18(20,21)15(11-5-2-1-3-6-11)28-13-9-12(24-10-25-13)14-16(22)26-27-8-4-7-23-17(14)27;;/h1-10,15H,(H2,22,26);2*1H/t15-;;/m1../s1. The van der Waals surface area contributed by atoms with Crippen LogP contribution in [0.2, 0.25) is 0 Å². The smallest absolute Gasteiger partial charge is 0.429 e. The molecule has 10 heteroatoms. The van der Waals surface area contributed by atoms with Gasteiger partial charge in [0.25, 0.3) is 0 Å². The van der Waals surface area contributed by atoms with Crippen molar-refractivity contribution in [1.82, 2.24) is 24.6 Å². The highest BCUT2D eigenvalue weighted by Crippen LogP contribution is 2.37. The van der Waals surface area contributed by atoms with Crippen molar-refractivity contribution in [2.45, 2.75) is 12.3 Å². The number of aromatic nitrogens is 5. The van der Waals surface area contributed by atoms with Crippen LogP contribution in [0.4, 0.5) is 19.0 Å². The molecule has 3 aromatic heterocycles. The lowest BCUT2D eigenvalue weighted by atomic mass is 10.1. The zero-order valence-electron chi connectivity index (χ0n) is 14.2. The molecule has 0 bridgehead atoms. The number of anilines is 1. The molecule has 2 N–H and O–H groups in total. The van der Waals surface area contributed by atoms with Gasteiger partial charge in [-0.2, -0.15) is 13.2 Å². The van der Waals surface area contributed by atoms with Crippen molar-refractivity contribution < 1.29 is 20.8 Å². The third-order valence-corrected chi connectivity index (χ3v) is 3.96. The fourth-order valence-electron chi connectivity index (χ4n) is 2.76. The second-order valence-electron chi connectivity index (χ2n) is 5.84. The molecule has 0 spiro atoms. The van der Waals surface area contributed by atoms with E-state index in [2.05, 4.69) is 20.1 Å². The van der Waals surface area contributed by atoms with Crippen LogP contribution < -0.4 is 10.5 Å². The topological polar surface area (TPSA) is 91.2 Å². The predicted molar refractivity (Wildman–Crippen MR) is 98.5 cm³/mol. The summed E-state index contributed by atoms with van der Waals surface area (Å²) in [5, 5.41) is 4.12. The fourth-order valence-corrected chi connectivity index (χ4v) is 2.76. The molecule has 0 amide bonds. The van der Waals surface area contributed by atoms with Crippen molar-refractivity contribution in [1.29, 1.82) is 0 Å². The number of nitrogens with two attached hydrogens (primary N) is 1. The summed E-state index contributed by atoms with van der Waals surface area (Å²) < 4.78 is 47.2. The summed E-state index contributed by atoms with van der Waals surface area (Å²) >= 11 is 0. The van der Waals surface area contributed by atoms with Crippen LogP contribution in [0.1, 0.15) is 14.5 Å². The van der Waals surface area contributed by atoms with Gasteiger partial charge in [-0.1, -0.05) is 30.3 Å². The Labute approximate surface area is 159 Å². The van der Waals surface area contributed by atoms with E-state index < -0.39 is 12.3 Å². The Morgan fingerprint density at radius 3 is 2.61 bits per heavy atom. The fraction of sp³-hybridized carbons (Fsp3) is 0.111. The number of halogens is 3. The Bertz CT molecular complexity index is 1120. The van der Waals surface area contributed by atoms with Crippen LogP contribution in [-0.4, -0.2) is 30.7 Å². The molecule has 1 aromatic carbocycles. The van der Waals surface area contributed by atoms with Gasteiger partial charge in [-0.25, -0.2) is 19.5 Å². The van der Waals surface area contributed by atoms with Gasteiger partial charge >= 0.3 is 6.18 Å². The van der Waals surface area contributed by atoms with E-state index in [9.17, 15) is 13.2 Å². The molecule has 0 saturated carbocycles. The quantitative estimate of drug-likeness (QED) is 0.567. The normalized spacial score (nSPS) is 12.8. The molecule has 0 aliphatic rings. The summed E-state index contributed by atoms with van der Waals surface area (Å²) in [5.74, 6) is -0.107. The Balaban J connectivity index is 0.00000160. The number of nitrogens with zero attached hydrogens (tertiary/aromatic N) is 5. The van der Waals surface area contributed by atoms with Gasteiger partial charge in [0.05, 0.1) is 11.3 Å². The Morgan fingerprint density at radius 2 is 1.86 bits per heavy atom. The molecule has 0 aliphatic carbocycles. The maximum absolute atomic E-state index is 13.5. The summed E-state index contributed by atoms with van der Waals surface area (Å²) in [6.07, 6.45) is -2.49. The van der Waals surface area contributed by atoms with Crippen LogP contribution in [-0.2, 0) is 0 Å². The van der Waals surface area contributed by atoms with Gasteiger partial charge in [0, 0.05) is 26.9 Å². The first-order chi connectivity index (χ1) is 13.4. The van der Waals surface area contributed by atoms with Gasteiger partial charge in [-0.15, -0.1) is 5.10 Å². The molecular formula is C18H17F3N6O. The van der Waals surface area contributed by atoms with E-state index in [0.717, 1.165) is 6.33 Å². The van der Waals surface area contributed by atoms with Gasteiger partial charge < -0.3 is 10.5 Å². The first-order valence-corrected chi connectivity index (χ1v) is 8.13. The Morgan fingerprint density at radius 1 is 1.07 bits per heavy atom. The first-order valence-electron chi connectivity index (χ1n) is 8.13. The largest absolute Gasteiger partial charge is 0.460 e. The number of rotatable bonds is 4. The molecule has 4 rings (SSSR count). The number of hydrogen-bond donors (Lipinski definition) is 1. The minimum absolute atomic E-state index is 0. The molecule has 0 unspecified atom stereocenters. The minimum atomic E-state index is -4.63. The molecule has 4 aromatic rings. The van der Waals surface area contributed by atoms with Crippen LogP contribution in [0, 0.1) is 0 Å². The molecule has 0 saturated heterocycles.